The van der Waals surface area contributed by atoms with E-state index in [1.807, 2.05) is 41.7 Å². The number of thioether (sulfide) groups is 1. The van der Waals surface area contributed by atoms with Crippen molar-refractivity contribution in [3.8, 4) is 0 Å². The van der Waals surface area contributed by atoms with E-state index in [0.717, 1.165) is 26.5 Å². The molecular formula is C22H21N7OS2. The maximum Gasteiger partial charge on any atom is 0.262 e. The zero-order valence-electron chi connectivity index (χ0n) is 17.9. The molecule has 32 heavy (non-hydrogen) atoms. The van der Waals surface area contributed by atoms with Crippen LogP contribution in [0.2, 0.25) is 0 Å². The Morgan fingerprint density at radius 1 is 1.03 bits per heavy atom. The van der Waals surface area contributed by atoms with Crippen molar-refractivity contribution in [3.63, 3.8) is 0 Å². The molecule has 1 N–H and O–H groups in total. The van der Waals surface area contributed by atoms with Gasteiger partial charge < -0.3 is 5.32 Å². The Morgan fingerprint density at radius 3 is 2.69 bits per heavy atom. The van der Waals surface area contributed by atoms with Gasteiger partial charge in [-0.15, -0.1) is 20.4 Å². The zero-order chi connectivity index (χ0) is 22.2. The van der Waals surface area contributed by atoms with E-state index >= 15 is 0 Å². The SMILES string of the molecule is CCn1c(=O)c2ccccc2n2c(CSc3nnc(Nc4ccc(C)c(C)c4)s3)nnc12. The van der Waals surface area contributed by atoms with Crippen molar-refractivity contribution < 1.29 is 0 Å². The number of hydrogen-bond donors (Lipinski definition) is 1. The fourth-order valence-corrected chi connectivity index (χ4v) is 5.27. The Kier molecular flexibility index (Phi) is 5.40. The van der Waals surface area contributed by atoms with Crippen molar-refractivity contribution in [2.45, 2.75) is 37.4 Å². The molecule has 2 aromatic carbocycles. The summed E-state index contributed by atoms with van der Waals surface area (Å²) in [4.78, 5) is 12.8. The van der Waals surface area contributed by atoms with Crippen LogP contribution >= 0.6 is 23.1 Å². The van der Waals surface area contributed by atoms with Crippen molar-refractivity contribution >= 4 is 50.6 Å². The number of nitrogens with zero attached hydrogens (tertiary/aromatic N) is 6. The summed E-state index contributed by atoms with van der Waals surface area (Å²) in [6.45, 7) is 6.65. The Morgan fingerprint density at radius 2 is 1.88 bits per heavy atom. The third-order valence-electron chi connectivity index (χ3n) is 5.38. The van der Waals surface area contributed by atoms with E-state index in [9.17, 15) is 4.79 Å². The van der Waals surface area contributed by atoms with E-state index < -0.39 is 0 Å². The van der Waals surface area contributed by atoms with Crippen LogP contribution < -0.4 is 10.9 Å². The number of para-hydroxylation sites is 1. The molecule has 0 amide bonds. The minimum atomic E-state index is -0.0478. The van der Waals surface area contributed by atoms with Gasteiger partial charge in [0.15, 0.2) is 4.34 Å². The zero-order valence-corrected chi connectivity index (χ0v) is 19.5. The molecule has 0 aliphatic rings. The van der Waals surface area contributed by atoms with Crippen LogP contribution in [0.1, 0.15) is 23.9 Å². The average Bonchev–Trinajstić information content (AvgIpc) is 3.42. The Labute approximate surface area is 192 Å². The molecule has 0 unspecified atom stereocenters. The Hall–Kier alpha value is -3.24. The van der Waals surface area contributed by atoms with Crippen LogP contribution in [-0.4, -0.2) is 29.4 Å². The van der Waals surface area contributed by atoms with Crippen molar-refractivity contribution in [1.82, 2.24) is 29.4 Å². The summed E-state index contributed by atoms with van der Waals surface area (Å²) in [5.41, 5.74) is 4.24. The van der Waals surface area contributed by atoms with Gasteiger partial charge in [-0.3, -0.25) is 13.8 Å². The van der Waals surface area contributed by atoms with Gasteiger partial charge in [0.05, 0.1) is 16.7 Å². The largest absolute Gasteiger partial charge is 0.330 e. The summed E-state index contributed by atoms with van der Waals surface area (Å²) in [5.74, 6) is 1.88. The third kappa shape index (κ3) is 3.65. The minimum absolute atomic E-state index is 0.0478. The van der Waals surface area contributed by atoms with Crippen molar-refractivity contribution in [3.05, 3.63) is 69.8 Å². The van der Waals surface area contributed by atoms with Gasteiger partial charge in [-0.25, -0.2) is 0 Å². The lowest BCUT2D eigenvalue weighted by atomic mass is 10.1. The molecule has 10 heteroatoms. The molecule has 0 spiro atoms. The molecule has 3 aromatic heterocycles. The van der Waals surface area contributed by atoms with Crippen molar-refractivity contribution in [2.75, 3.05) is 5.32 Å². The van der Waals surface area contributed by atoms with Gasteiger partial charge >= 0.3 is 0 Å². The fraction of sp³-hybridized carbons (Fsp3) is 0.227. The number of anilines is 2. The standard InChI is InChI=1S/C22H21N7OS2/c1-4-28-19(30)16-7-5-6-8-17(16)29-18(24-26-21(28)29)12-31-22-27-25-20(32-22)23-15-10-9-13(2)14(3)11-15/h5-11H,4,12H2,1-3H3,(H,23,25). The first-order valence-electron chi connectivity index (χ1n) is 10.2. The van der Waals surface area contributed by atoms with E-state index in [-0.39, 0.29) is 5.56 Å². The molecule has 5 rings (SSSR count). The molecule has 3 heterocycles. The number of rotatable bonds is 6. The summed E-state index contributed by atoms with van der Waals surface area (Å²) < 4.78 is 4.45. The maximum atomic E-state index is 12.8. The molecule has 8 nitrogen and oxygen atoms in total. The monoisotopic (exact) mass is 463 g/mol. The summed E-state index contributed by atoms with van der Waals surface area (Å²) in [6, 6.07) is 13.8. The van der Waals surface area contributed by atoms with Crippen LogP contribution in [0.5, 0.6) is 0 Å². The lowest BCUT2D eigenvalue weighted by Gasteiger charge is -2.09. The predicted molar refractivity (Wildman–Crippen MR) is 129 cm³/mol. The molecule has 0 atom stereocenters. The maximum absolute atomic E-state index is 12.8. The van der Waals surface area contributed by atoms with Crippen LogP contribution in [0.25, 0.3) is 16.7 Å². The normalized spacial score (nSPS) is 11.5. The second-order valence-corrected chi connectivity index (χ2v) is 9.60. The average molecular weight is 464 g/mol. The summed E-state index contributed by atoms with van der Waals surface area (Å²) in [6.07, 6.45) is 0. The summed E-state index contributed by atoms with van der Waals surface area (Å²) in [7, 11) is 0. The summed E-state index contributed by atoms with van der Waals surface area (Å²) in [5, 5.41) is 22.0. The summed E-state index contributed by atoms with van der Waals surface area (Å²) >= 11 is 3.05. The van der Waals surface area contributed by atoms with Gasteiger partial charge in [-0.1, -0.05) is 41.3 Å². The van der Waals surface area contributed by atoms with Gasteiger partial charge in [0, 0.05) is 12.2 Å². The first-order chi connectivity index (χ1) is 15.5. The highest BCUT2D eigenvalue weighted by molar-refractivity contribution is 8.00. The quantitative estimate of drug-likeness (QED) is 0.369. The van der Waals surface area contributed by atoms with Gasteiger partial charge in [-0.05, 0) is 56.2 Å². The first-order valence-corrected chi connectivity index (χ1v) is 12.0. The molecule has 0 aliphatic heterocycles. The highest BCUT2D eigenvalue weighted by atomic mass is 32.2. The molecule has 162 valence electrons. The molecule has 0 fully saturated rings. The third-order valence-corrected chi connectivity index (χ3v) is 7.35. The van der Waals surface area contributed by atoms with E-state index in [1.165, 1.54) is 22.5 Å². The number of fused-ring (bicyclic) bond motifs is 3. The number of benzene rings is 2. The van der Waals surface area contributed by atoms with Crippen LogP contribution in [0.4, 0.5) is 10.8 Å². The van der Waals surface area contributed by atoms with E-state index in [0.29, 0.717) is 23.5 Å². The lowest BCUT2D eigenvalue weighted by molar-refractivity contribution is 0.735. The fourth-order valence-electron chi connectivity index (χ4n) is 3.58. The topological polar surface area (TPSA) is 90.0 Å². The molecule has 0 aliphatic carbocycles. The number of hydrogen-bond acceptors (Lipinski definition) is 8. The lowest BCUT2D eigenvalue weighted by Crippen LogP contribution is -2.22. The van der Waals surface area contributed by atoms with Crippen LogP contribution in [-0.2, 0) is 12.3 Å². The second kappa shape index (κ2) is 8.36. The van der Waals surface area contributed by atoms with Crippen molar-refractivity contribution in [2.24, 2.45) is 0 Å². The van der Waals surface area contributed by atoms with E-state index in [2.05, 4.69) is 51.7 Å². The van der Waals surface area contributed by atoms with Crippen LogP contribution in [0, 0.1) is 13.8 Å². The van der Waals surface area contributed by atoms with E-state index in [1.54, 1.807) is 16.3 Å². The first kappa shape index (κ1) is 20.7. The highest BCUT2D eigenvalue weighted by Gasteiger charge is 2.16. The van der Waals surface area contributed by atoms with Gasteiger partial charge in [0.2, 0.25) is 10.9 Å². The van der Waals surface area contributed by atoms with Gasteiger partial charge in [0.25, 0.3) is 5.56 Å². The molecule has 0 radical (unpaired) electrons. The van der Waals surface area contributed by atoms with Gasteiger partial charge in [-0.2, -0.15) is 0 Å². The predicted octanol–water partition coefficient (Wildman–Crippen LogP) is 4.57. The second-order valence-electron chi connectivity index (χ2n) is 7.40. The molecule has 0 saturated carbocycles. The number of aryl methyl sites for hydroxylation is 3. The molecule has 5 aromatic rings. The molecule has 0 bridgehead atoms. The smallest absolute Gasteiger partial charge is 0.262 e. The van der Waals surface area contributed by atoms with Crippen molar-refractivity contribution in [1.29, 1.82) is 0 Å². The van der Waals surface area contributed by atoms with Gasteiger partial charge in [0.1, 0.15) is 5.82 Å². The number of aromatic nitrogens is 6. The highest BCUT2D eigenvalue weighted by Crippen LogP contribution is 2.30. The molecular weight excluding hydrogens is 442 g/mol. The van der Waals surface area contributed by atoms with Crippen LogP contribution in [0.15, 0.2) is 51.6 Å². The van der Waals surface area contributed by atoms with E-state index in [4.69, 9.17) is 0 Å². The van der Waals surface area contributed by atoms with Crippen LogP contribution in [0.3, 0.4) is 0 Å². The number of nitrogens with one attached hydrogen (secondary N) is 1. The molecule has 0 saturated heterocycles. The Balaban J connectivity index is 1.41. The Bertz CT molecular complexity index is 1500. The minimum Gasteiger partial charge on any atom is -0.330 e.